The normalized spacial score (nSPS) is 19.0. The zero-order chi connectivity index (χ0) is 19.7. The van der Waals surface area contributed by atoms with Crippen molar-refractivity contribution >= 4 is 32.6 Å². The molecule has 2 N–H and O–H groups in total. The summed E-state index contributed by atoms with van der Waals surface area (Å²) in [5.74, 6) is 0.172. The Balaban J connectivity index is 1.48. The number of nitrogens with one attached hydrogen (secondary N) is 2. The maximum absolute atomic E-state index is 13.4. The van der Waals surface area contributed by atoms with Crippen LogP contribution in [-0.2, 0) is 0 Å². The summed E-state index contributed by atoms with van der Waals surface area (Å²) in [6.45, 7) is 1.95. The first-order valence-corrected chi connectivity index (χ1v) is 10.1. The molecule has 1 aliphatic carbocycles. The smallest absolute Gasteiger partial charge is 0.255 e. The van der Waals surface area contributed by atoms with Crippen LogP contribution >= 0.6 is 11.3 Å². The lowest BCUT2D eigenvalue weighted by Gasteiger charge is -2.22. The number of ether oxygens (including phenoxy) is 1. The number of fused-ring (bicyclic) bond motifs is 1. The largest absolute Gasteiger partial charge is 0.496 e. The Morgan fingerprint density at radius 2 is 2.04 bits per heavy atom. The number of methoxy groups -OCH3 is 1. The van der Waals surface area contributed by atoms with Crippen LogP contribution in [0.2, 0.25) is 0 Å². The van der Waals surface area contributed by atoms with E-state index in [0.717, 1.165) is 40.2 Å². The highest BCUT2D eigenvalue weighted by atomic mass is 32.1. The molecular formula is C21H22FN3O2S. The highest BCUT2D eigenvalue weighted by Crippen LogP contribution is 2.30. The van der Waals surface area contributed by atoms with Crippen LogP contribution in [0.4, 0.5) is 9.52 Å². The number of amides is 1. The van der Waals surface area contributed by atoms with Crippen molar-refractivity contribution in [1.82, 2.24) is 10.3 Å². The first-order chi connectivity index (χ1) is 13.5. The molecule has 1 heterocycles. The summed E-state index contributed by atoms with van der Waals surface area (Å²) in [6.07, 6.45) is 2.87. The van der Waals surface area contributed by atoms with Gasteiger partial charge in [-0.3, -0.25) is 4.79 Å². The minimum Gasteiger partial charge on any atom is -0.496 e. The Morgan fingerprint density at radius 3 is 2.86 bits per heavy atom. The van der Waals surface area contributed by atoms with Gasteiger partial charge in [-0.1, -0.05) is 23.0 Å². The van der Waals surface area contributed by atoms with Crippen LogP contribution in [0.15, 0.2) is 36.4 Å². The molecule has 0 spiro atoms. The lowest BCUT2D eigenvalue weighted by Crippen LogP contribution is -2.43. The SMILES string of the molecule is COc1ccc(C)cc1C(=O)NC1CCC[C@@H]1Nc1nc2ccc(F)cc2s1. The van der Waals surface area contributed by atoms with Gasteiger partial charge in [0.25, 0.3) is 5.91 Å². The van der Waals surface area contributed by atoms with Crippen LogP contribution in [0.25, 0.3) is 10.2 Å². The van der Waals surface area contributed by atoms with Crippen molar-refractivity contribution in [1.29, 1.82) is 0 Å². The van der Waals surface area contributed by atoms with Gasteiger partial charge in [0.2, 0.25) is 0 Å². The number of benzene rings is 2. The summed E-state index contributed by atoms with van der Waals surface area (Å²) in [4.78, 5) is 17.4. The maximum atomic E-state index is 13.4. The molecular weight excluding hydrogens is 377 g/mol. The second-order valence-corrected chi connectivity index (χ2v) is 8.13. The molecule has 0 bridgehead atoms. The summed E-state index contributed by atoms with van der Waals surface area (Å²) in [5.41, 5.74) is 2.33. The quantitative estimate of drug-likeness (QED) is 0.662. The number of anilines is 1. The number of carbonyl (C=O) groups excluding carboxylic acids is 1. The first-order valence-electron chi connectivity index (χ1n) is 9.31. The molecule has 0 saturated heterocycles. The Labute approximate surface area is 166 Å². The van der Waals surface area contributed by atoms with E-state index in [1.165, 1.54) is 23.5 Å². The van der Waals surface area contributed by atoms with Crippen molar-refractivity contribution in [3.8, 4) is 5.75 Å². The standard InChI is InChI=1S/C21H22FN3O2S/c1-12-6-9-18(27-2)14(10-12)20(26)23-15-4-3-5-16(15)24-21-25-17-8-7-13(22)11-19(17)28-21/h6-11,15-16H,3-5H2,1-2H3,(H,23,26)(H,24,25)/t15?,16-/m0/s1. The Bertz CT molecular complexity index is 1020. The average Bonchev–Trinajstić information content (AvgIpc) is 3.27. The highest BCUT2D eigenvalue weighted by molar-refractivity contribution is 7.22. The van der Waals surface area contributed by atoms with Crippen molar-refractivity contribution in [2.45, 2.75) is 38.3 Å². The molecule has 146 valence electrons. The van der Waals surface area contributed by atoms with Crippen molar-refractivity contribution in [2.24, 2.45) is 0 Å². The van der Waals surface area contributed by atoms with Gasteiger partial charge in [-0.25, -0.2) is 9.37 Å². The lowest BCUT2D eigenvalue weighted by molar-refractivity contribution is 0.0932. The second-order valence-electron chi connectivity index (χ2n) is 7.10. The maximum Gasteiger partial charge on any atom is 0.255 e. The van der Waals surface area contributed by atoms with Crippen molar-refractivity contribution in [3.63, 3.8) is 0 Å². The Kier molecular flexibility index (Phi) is 5.17. The molecule has 4 rings (SSSR count). The summed E-state index contributed by atoms with van der Waals surface area (Å²) >= 11 is 1.43. The van der Waals surface area contributed by atoms with E-state index in [2.05, 4.69) is 15.6 Å². The Morgan fingerprint density at radius 1 is 1.21 bits per heavy atom. The fourth-order valence-electron chi connectivity index (χ4n) is 3.67. The number of rotatable bonds is 5. The van der Waals surface area contributed by atoms with Gasteiger partial charge in [0.05, 0.1) is 22.9 Å². The van der Waals surface area contributed by atoms with Crippen molar-refractivity contribution in [3.05, 3.63) is 53.3 Å². The molecule has 1 unspecified atom stereocenters. The van der Waals surface area contributed by atoms with Gasteiger partial charge in [-0.2, -0.15) is 0 Å². The van der Waals surface area contributed by atoms with Crippen molar-refractivity contribution < 1.29 is 13.9 Å². The highest BCUT2D eigenvalue weighted by Gasteiger charge is 2.30. The summed E-state index contributed by atoms with van der Waals surface area (Å²) < 4.78 is 19.6. The molecule has 7 heteroatoms. The summed E-state index contributed by atoms with van der Waals surface area (Å²) in [5, 5.41) is 7.33. The molecule has 3 aromatic rings. The number of halogens is 1. The van der Waals surface area contributed by atoms with Gasteiger partial charge in [0.1, 0.15) is 11.6 Å². The number of aryl methyl sites for hydroxylation is 1. The van der Waals surface area contributed by atoms with E-state index in [-0.39, 0.29) is 23.8 Å². The first kappa shape index (κ1) is 18.7. The molecule has 1 aliphatic rings. The molecule has 1 fully saturated rings. The number of hydrogen-bond donors (Lipinski definition) is 2. The molecule has 0 radical (unpaired) electrons. The molecule has 1 amide bonds. The Hall–Kier alpha value is -2.67. The number of thiazole rings is 1. The average molecular weight is 399 g/mol. The minimum atomic E-state index is -0.263. The fourth-order valence-corrected chi connectivity index (χ4v) is 4.62. The van der Waals surface area contributed by atoms with Gasteiger partial charge >= 0.3 is 0 Å². The van der Waals surface area contributed by atoms with E-state index >= 15 is 0 Å². The summed E-state index contributed by atoms with van der Waals surface area (Å²) in [6, 6.07) is 10.3. The monoisotopic (exact) mass is 399 g/mol. The molecule has 28 heavy (non-hydrogen) atoms. The van der Waals surface area contributed by atoms with Gasteiger partial charge in [-0.05, 0) is 56.5 Å². The molecule has 2 atom stereocenters. The van der Waals surface area contributed by atoms with Gasteiger partial charge in [0, 0.05) is 12.1 Å². The van der Waals surface area contributed by atoms with E-state index in [9.17, 15) is 9.18 Å². The zero-order valence-electron chi connectivity index (χ0n) is 15.8. The molecule has 2 aromatic carbocycles. The predicted octanol–water partition coefficient (Wildman–Crippen LogP) is 4.52. The molecule has 1 saturated carbocycles. The molecule has 1 aromatic heterocycles. The molecule has 5 nitrogen and oxygen atoms in total. The lowest BCUT2D eigenvalue weighted by atomic mass is 10.1. The van der Waals surface area contributed by atoms with Gasteiger partial charge < -0.3 is 15.4 Å². The zero-order valence-corrected chi connectivity index (χ0v) is 16.6. The van der Waals surface area contributed by atoms with Crippen LogP contribution in [0.1, 0.15) is 35.2 Å². The third-order valence-electron chi connectivity index (χ3n) is 5.09. The third-order valence-corrected chi connectivity index (χ3v) is 6.04. The van der Waals surface area contributed by atoms with E-state index in [0.29, 0.717) is 11.3 Å². The number of aromatic nitrogens is 1. The predicted molar refractivity (Wildman–Crippen MR) is 110 cm³/mol. The summed E-state index contributed by atoms with van der Waals surface area (Å²) in [7, 11) is 1.57. The van der Waals surface area contributed by atoms with Gasteiger partial charge in [0.15, 0.2) is 5.13 Å². The van der Waals surface area contributed by atoms with Crippen LogP contribution in [-0.4, -0.2) is 30.1 Å². The van der Waals surface area contributed by atoms with Crippen molar-refractivity contribution in [2.75, 3.05) is 12.4 Å². The molecule has 0 aliphatic heterocycles. The minimum absolute atomic E-state index is 0.00136. The van der Waals surface area contributed by atoms with Crippen LogP contribution in [0, 0.1) is 12.7 Å². The topological polar surface area (TPSA) is 63.2 Å². The van der Waals surface area contributed by atoms with E-state index < -0.39 is 0 Å². The van der Waals surface area contributed by atoms with Gasteiger partial charge in [-0.15, -0.1) is 0 Å². The fraction of sp³-hybridized carbons (Fsp3) is 0.333. The van der Waals surface area contributed by atoms with Crippen LogP contribution in [0.5, 0.6) is 5.75 Å². The van der Waals surface area contributed by atoms with E-state index in [1.54, 1.807) is 13.2 Å². The van der Waals surface area contributed by atoms with Crippen LogP contribution < -0.4 is 15.4 Å². The number of carbonyl (C=O) groups is 1. The number of hydrogen-bond acceptors (Lipinski definition) is 5. The van der Waals surface area contributed by atoms with Crippen LogP contribution in [0.3, 0.4) is 0 Å². The number of nitrogens with zero attached hydrogens (tertiary/aromatic N) is 1. The van der Waals surface area contributed by atoms with E-state index in [1.807, 2.05) is 25.1 Å². The third kappa shape index (κ3) is 3.80. The second kappa shape index (κ2) is 7.75. The van der Waals surface area contributed by atoms with E-state index in [4.69, 9.17) is 4.74 Å².